The Labute approximate surface area is 122 Å². The van der Waals surface area contributed by atoms with Crippen LogP contribution in [0, 0.1) is 0 Å². The molecule has 0 bridgehead atoms. The minimum Gasteiger partial charge on any atom is -0.399 e. The van der Waals surface area contributed by atoms with Crippen LogP contribution in [0.1, 0.15) is 24.0 Å². The Morgan fingerprint density at radius 1 is 1.00 bits per heavy atom. The van der Waals surface area contributed by atoms with E-state index in [1.807, 2.05) is 12.1 Å². The number of nitrogens with two attached hydrogens (primary N) is 1. The van der Waals surface area contributed by atoms with E-state index >= 15 is 0 Å². The van der Waals surface area contributed by atoms with E-state index in [0.29, 0.717) is 5.92 Å². The zero-order chi connectivity index (χ0) is 14.4. The Hall–Kier alpha value is -1.80. The first kappa shape index (κ1) is 14.6. The number of nitrogens with zero attached hydrogens (tertiary/aromatic N) is 1. The molecule has 0 fully saturated rings. The smallest absolute Gasteiger partial charge is 0.0314 e. The summed E-state index contributed by atoms with van der Waals surface area (Å²) in [5, 5.41) is 0. The summed E-state index contributed by atoms with van der Waals surface area (Å²) in [6, 6.07) is 18.9. The third kappa shape index (κ3) is 4.39. The third-order valence-electron chi connectivity index (χ3n) is 3.72. The summed E-state index contributed by atoms with van der Waals surface area (Å²) in [6.45, 7) is 4.44. The second-order valence-corrected chi connectivity index (χ2v) is 5.57. The summed E-state index contributed by atoms with van der Waals surface area (Å²) in [6.07, 6.45) is 1.07. The first-order chi connectivity index (χ1) is 9.65. The van der Waals surface area contributed by atoms with Gasteiger partial charge in [0.05, 0.1) is 0 Å². The predicted octanol–water partition coefficient (Wildman–Crippen LogP) is 3.55. The summed E-state index contributed by atoms with van der Waals surface area (Å²) in [5.74, 6) is 0.563. The maximum absolute atomic E-state index is 5.70. The molecule has 2 N–H and O–H groups in total. The van der Waals surface area contributed by atoms with Gasteiger partial charge in [0.1, 0.15) is 0 Å². The van der Waals surface area contributed by atoms with Gasteiger partial charge in [0.15, 0.2) is 0 Å². The fraction of sp³-hybridized carbons (Fsp3) is 0.333. The van der Waals surface area contributed by atoms with Gasteiger partial charge in [-0.2, -0.15) is 0 Å². The molecule has 2 nitrogen and oxygen atoms in total. The van der Waals surface area contributed by atoms with Gasteiger partial charge >= 0.3 is 0 Å². The van der Waals surface area contributed by atoms with Gasteiger partial charge in [-0.25, -0.2) is 0 Å². The van der Waals surface area contributed by atoms with Gasteiger partial charge < -0.3 is 10.6 Å². The Bertz CT molecular complexity index is 505. The van der Waals surface area contributed by atoms with E-state index in [9.17, 15) is 0 Å². The van der Waals surface area contributed by atoms with Crippen LogP contribution < -0.4 is 5.73 Å². The van der Waals surface area contributed by atoms with E-state index in [0.717, 1.165) is 25.2 Å². The first-order valence-electron chi connectivity index (χ1n) is 7.23. The van der Waals surface area contributed by atoms with Crippen LogP contribution in [-0.4, -0.2) is 25.0 Å². The quantitative estimate of drug-likeness (QED) is 0.812. The van der Waals surface area contributed by atoms with Gasteiger partial charge in [-0.3, -0.25) is 0 Å². The molecule has 1 atom stereocenters. The molecule has 0 radical (unpaired) electrons. The molecule has 2 aromatic carbocycles. The molecule has 20 heavy (non-hydrogen) atoms. The molecule has 0 aliphatic heterocycles. The van der Waals surface area contributed by atoms with Crippen molar-refractivity contribution >= 4 is 5.69 Å². The van der Waals surface area contributed by atoms with Crippen molar-refractivity contribution in [2.75, 3.05) is 25.9 Å². The third-order valence-corrected chi connectivity index (χ3v) is 3.72. The molecule has 0 heterocycles. The lowest BCUT2D eigenvalue weighted by Crippen LogP contribution is -2.25. The standard InChI is InChI=1S/C18H24N2/c1-15(17-6-4-3-5-7-17)14-20(2)13-12-16-8-10-18(19)11-9-16/h3-11,15H,12-14,19H2,1-2H3. The second kappa shape index (κ2) is 7.11. The monoisotopic (exact) mass is 268 g/mol. The van der Waals surface area contributed by atoms with Crippen LogP contribution in [0.2, 0.25) is 0 Å². The summed E-state index contributed by atoms with van der Waals surface area (Å²) in [7, 11) is 2.19. The lowest BCUT2D eigenvalue weighted by atomic mass is 10.0. The average Bonchev–Trinajstić information content (AvgIpc) is 2.47. The maximum Gasteiger partial charge on any atom is 0.0314 e. The lowest BCUT2D eigenvalue weighted by Gasteiger charge is -2.21. The fourth-order valence-electron chi connectivity index (χ4n) is 2.45. The summed E-state index contributed by atoms with van der Waals surface area (Å²) >= 11 is 0. The molecular formula is C18H24N2. The lowest BCUT2D eigenvalue weighted by molar-refractivity contribution is 0.321. The van der Waals surface area contributed by atoms with Crippen molar-refractivity contribution in [2.45, 2.75) is 19.3 Å². The zero-order valence-electron chi connectivity index (χ0n) is 12.4. The largest absolute Gasteiger partial charge is 0.399 e. The molecule has 0 aliphatic rings. The molecule has 1 unspecified atom stereocenters. The molecule has 0 saturated heterocycles. The van der Waals surface area contributed by atoms with Gasteiger partial charge in [-0.1, -0.05) is 49.4 Å². The Morgan fingerprint density at radius 2 is 1.65 bits per heavy atom. The van der Waals surface area contributed by atoms with E-state index in [1.54, 1.807) is 0 Å². The molecule has 0 spiro atoms. The molecule has 0 amide bonds. The van der Waals surface area contributed by atoms with Crippen molar-refractivity contribution in [3.8, 4) is 0 Å². The topological polar surface area (TPSA) is 29.3 Å². The van der Waals surface area contributed by atoms with Crippen LogP contribution in [0.5, 0.6) is 0 Å². The molecule has 106 valence electrons. The minimum absolute atomic E-state index is 0.563. The predicted molar refractivity (Wildman–Crippen MR) is 86.9 cm³/mol. The average molecular weight is 268 g/mol. The fourth-order valence-corrected chi connectivity index (χ4v) is 2.45. The van der Waals surface area contributed by atoms with Crippen molar-refractivity contribution in [3.63, 3.8) is 0 Å². The van der Waals surface area contributed by atoms with E-state index in [-0.39, 0.29) is 0 Å². The number of anilines is 1. The molecule has 2 heteroatoms. The highest BCUT2D eigenvalue weighted by molar-refractivity contribution is 5.39. The van der Waals surface area contributed by atoms with Crippen LogP contribution >= 0.6 is 0 Å². The number of hydrogen-bond donors (Lipinski definition) is 1. The van der Waals surface area contributed by atoms with Gasteiger partial charge in [0.25, 0.3) is 0 Å². The summed E-state index contributed by atoms with van der Waals surface area (Å²) in [5.41, 5.74) is 9.29. The second-order valence-electron chi connectivity index (χ2n) is 5.57. The van der Waals surface area contributed by atoms with E-state index < -0.39 is 0 Å². The molecule has 2 aromatic rings. The highest BCUT2D eigenvalue weighted by Gasteiger charge is 2.08. The molecule has 0 saturated carbocycles. The van der Waals surface area contributed by atoms with Crippen molar-refractivity contribution in [3.05, 3.63) is 65.7 Å². The van der Waals surface area contributed by atoms with Crippen LogP contribution in [0.4, 0.5) is 5.69 Å². The van der Waals surface area contributed by atoms with Crippen LogP contribution in [0.15, 0.2) is 54.6 Å². The Morgan fingerprint density at radius 3 is 2.30 bits per heavy atom. The van der Waals surface area contributed by atoms with Crippen molar-refractivity contribution in [2.24, 2.45) is 0 Å². The molecule has 2 rings (SSSR count). The Kier molecular flexibility index (Phi) is 5.19. The maximum atomic E-state index is 5.70. The first-order valence-corrected chi connectivity index (χ1v) is 7.23. The zero-order valence-corrected chi connectivity index (χ0v) is 12.4. The van der Waals surface area contributed by atoms with E-state index in [2.05, 4.69) is 61.3 Å². The van der Waals surface area contributed by atoms with Crippen molar-refractivity contribution in [1.29, 1.82) is 0 Å². The molecule has 0 aliphatic carbocycles. The van der Waals surface area contributed by atoms with Crippen LogP contribution in [0.3, 0.4) is 0 Å². The van der Waals surface area contributed by atoms with Gasteiger partial charge in [-0.05, 0) is 42.6 Å². The van der Waals surface area contributed by atoms with Crippen LogP contribution in [0.25, 0.3) is 0 Å². The van der Waals surface area contributed by atoms with E-state index in [1.165, 1.54) is 11.1 Å². The molecular weight excluding hydrogens is 244 g/mol. The highest BCUT2D eigenvalue weighted by atomic mass is 15.1. The summed E-state index contributed by atoms with van der Waals surface area (Å²) < 4.78 is 0. The SMILES string of the molecule is CC(CN(C)CCc1ccc(N)cc1)c1ccccc1. The number of nitrogen functional groups attached to an aromatic ring is 1. The summed E-state index contributed by atoms with van der Waals surface area (Å²) in [4.78, 5) is 2.40. The van der Waals surface area contributed by atoms with Gasteiger partial charge in [0, 0.05) is 18.8 Å². The van der Waals surface area contributed by atoms with Gasteiger partial charge in [-0.15, -0.1) is 0 Å². The normalized spacial score (nSPS) is 12.6. The number of rotatable bonds is 6. The van der Waals surface area contributed by atoms with Crippen LogP contribution in [-0.2, 0) is 6.42 Å². The van der Waals surface area contributed by atoms with Gasteiger partial charge in [0.2, 0.25) is 0 Å². The number of hydrogen-bond acceptors (Lipinski definition) is 2. The van der Waals surface area contributed by atoms with Crippen molar-refractivity contribution in [1.82, 2.24) is 4.90 Å². The molecule has 0 aromatic heterocycles. The van der Waals surface area contributed by atoms with E-state index in [4.69, 9.17) is 5.73 Å². The minimum atomic E-state index is 0.563. The number of likely N-dealkylation sites (N-methyl/N-ethyl adjacent to an activating group) is 1. The van der Waals surface area contributed by atoms with Crippen molar-refractivity contribution < 1.29 is 0 Å². The number of benzene rings is 2. The Balaban J connectivity index is 1.80. The highest BCUT2D eigenvalue weighted by Crippen LogP contribution is 2.15.